The minimum absolute atomic E-state index is 0.195. The summed E-state index contributed by atoms with van der Waals surface area (Å²) in [7, 11) is 3.16. The van der Waals surface area contributed by atoms with Crippen molar-refractivity contribution < 1.29 is 19.1 Å². The number of ether oxygens (including phenoxy) is 2. The number of hydrogen-bond acceptors (Lipinski definition) is 6. The topological polar surface area (TPSA) is 84.0 Å². The number of hydrogen-bond donors (Lipinski definition) is 1. The van der Waals surface area contributed by atoms with E-state index >= 15 is 0 Å². The molecule has 1 fully saturated rings. The van der Waals surface area contributed by atoms with Crippen LogP contribution in [-0.4, -0.2) is 62.6 Å². The number of carbonyl (C=O) groups excluding carboxylic acids is 2. The van der Waals surface area contributed by atoms with Gasteiger partial charge in [0.05, 0.1) is 19.8 Å². The number of nitrogens with zero attached hydrogens (tertiary/aromatic N) is 3. The number of aromatic nitrogens is 1. The van der Waals surface area contributed by atoms with E-state index in [9.17, 15) is 9.59 Å². The van der Waals surface area contributed by atoms with Gasteiger partial charge in [-0.2, -0.15) is 0 Å². The third-order valence-corrected chi connectivity index (χ3v) is 4.70. The zero-order valence-electron chi connectivity index (χ0n) is 16.1. The summed E-state index contributed by atoms with van der Waals surface area (Å²) in [6.07, 6.45) is 2.45. The van der Waals surface area contributed by atoms with E-state index in [1.165, 1.54) is 0 Å². The molecule has 0 bridgehead atoms. The zero-order chi connectivity index (χ0) is 19.9. The molecule has 0 radical (unpaired) electrons. The molecule has 2 aromatic rings. The van der Waals surface area contributed by atoms with Crippen molar-refractivity contribution >= 4 is 18.1 Å². The maximum Gasteiger partial charge on any atom is 0.253 e. The van der Waals surface area contributed by atoms with E-state index < -0.39 is 0 Å². The quantitative estimate of drug-likeness (QED) is 0.725. The van der Waals surface area contributed by atoms with Crippen molar-refractivity contribution in [3.05, 3.63) is 47.7 Å². The second-order valence-electron chi connectivity index (χ2n) is 6.41. The number of pyridine rings is 1. The maximum absolute atomic E-state index is 12.4. The number of benzene rings is 1. The summed E-state index contributed by atoms with van der Waals surface area (Å²) in [6, 6.07) is 9.11. The highest BCUT2D eigenvalue weighted by molar-refractivity contribution is 5.94. The van der Waals surface area contributed by atoms with Crippen molar-refractivity contribution in [1.82, 2.24) is 15.2 Å². The predicted molar refractivity (Wildman–Crippen MR) is 105 cm³/mol. The Morgan fingerprint density at radius 3 is 2.46 bits per heavy atom. The van der Waals surface area contributed by atoms with Crippen LogP contribution >= 0.6 is 0 Å². The Balaban J connectivity index is 1.57. The molecule has 1 aromatic carbocycles. The van der Waals surface area contributed by atoms with Crippen molar-refractivity contribution in [1.29, 1.82) is 0 Å². The third-order valence-electron chi connectivity index (χ3n) is 4.70. The Bertz CT molecular complexity index is 817. The van der Waals surface area contributed by atoms with Gasteiger partial charge in [-0.05, 0) is 29.8 Å². The molecule has 0 atom stereocenters. The van der Waals surface area contributed by atoms with Gasteiger partial charge in [0, 0.05) is 38.9 Å². The maximum atomic E-state index is 12.4. The first-order chi connectivity index (χ1) is 13.6. The van der Waals surface area contributed by atoms with E-state index in [0.29, 0.717) is 36.7 Å². The molecule has 2 amide bonds. The van der Waals surface area contributed by atoms with Gasteiger partial charge >= 0.3 is 0 Å². The van der Waals surface area contributed by atoms with Crippen LogP contribution in [0.5, 0.6) is 11.5 Å². The first-order valence-electron chi connectivity index (χ1n) is 9.04. The van der Waals surface area contributed by atoms with Gasteiger partial charge in [0.15, 0.2) is 11.5 Å². The first kappa shape index (κ1) is 19.5. The molecule has 1 N–H and O–H groups in total. The molecule has 3 rings (SSSR count). The minimum atomic E-state index is -0.195. The second-order valence-corrected chi connectivity index (χ2v) is 6.41. The molecule has 1 aromatic heterocycles. The van der Waals surface area contributed by atoms with Gasteiger partial charge in [-0.1, -0.05) is 6.07 Å². The van der Waals surface area contributed by atoms with Crippen molar-refractivity contribution in [2.45, 2.75) is 6.54 Å². The molecular weight excluding hydrogens is 360 g/mol. The van der Waals surface area contributed by atoms with E-state index in [4.69, 9.17) is 9.47 Å². The standard InChI is InChI=1S/C20H24N4O4/c1-27-17-5-3-15(11-18(17)28-2)12-22-20(26)16-4-6-19(21-13-16)24-9-7-23(14-25)8-10-24/h3-6,11,13-14H,7-10,12H2,1-2H3,(H,22,26). The third kappa shape index (κ3) is 4.51. The number of piperazine rings is 1. The van der Waals surface area contributed by atoms with Crippen LogP contribution in [0.2, 0.25) is 0 Å². The van der Waals surface area contributed by atoms with Gasteiger partial charge in [-0.15, -0.1) is 0 Å². The number of anilines is 1. The van der Waals surface area contributed by atoms with Crippen LogP contribution in [0.4, 0.5) is 5.82 Å². The Morgan fingerprint density at radius 2 is 1.86 bits per heavy atom. The van der Waals surface area contributed by atoms with Gasteiger partial charge in [0.1, 0.15) is 5.82 Å². The molecule has 8 nitrogen and oxygen atoms in total. The molecule has 0 aliphatic carbocycles. The number of rotatable bonds is 7. The fourth-order valence-corrected chi connectivity index (χ4v) is 3.04. The minimum Gasteiger partial charge on any atom is -0.493 e. The lowest BCUT2D eigenvalue weighted by molar-refractivity contribution is -0.118. The van der Waals surface area contributed by atoms with E-state index in [2.05, 4.69) is 15.2 Å². The largest absolute Gasteiger partial charge is 0.493 e. The van der Waals surface area contributed by atoms with Gasteiger partial charge in [0.25, 0.3) is 5.91 Å². The monoisotopic (exact) mass is 384 g/mol. The average Bonchev–Trinajstić information content (AvgIpc) is 2.77. The summed E-state index contributed by atoms with van der Waals surface area (Å²) in [5.41, 5.74) is 1.40. The van der Waals surface area contributed by atoms with Gasteiger partial charge in [-0.3, -0.25) is 9.59 Å². The SMILES string of the molecule is COc1ccc(CNC(=O)c2ccc(N3CCN(C=O)CC3)nc2)cc1OC. The summed E-state index contributed by atoms with van der Waals surface area (Å²) in [5, 5.41) is 2.88. The molecule has 0 spiro atoms. The van der Waals surface area contributed by atoms with Crippen LogP contribution < -0.4 is 19.7 Å². The molecule has 0 saturated carbocycles. The van der Waals surface area contributed by atoms with Crippen molar-refractivity contribution in [3.8, 4) is 11.5 Å². The van der Waals surface area contributed by atoms with Gasteiger partial charge in [0.2, 0.25) is 6.41 Å². The summed E-state index contributed by atoms with van der Waals surface area (Å²) in [4.78, 5) is 31.4. The Labute approximate surface area is 164 Å². The summed E-state index contributed by atoms with van der Waals surface area (Å²) in [5.74, 6) is 1.88. The summed E-state index contributed by atoms with van der Waals surface area (Å²) >= 11 is 0. The van der Waals surface area contributed by atoms with Crippen molar-refractivity contribution in [2.75, 3.05) is 45.3 Å². The van der Waals surface area contributed by atoms with Crippen molar-refractivity contribution in [3.63, 3.8) is 0 Å². The van der Waals surface area contributed by atoms with Gasteiger partial charge in [-0.25, -0.2) is 4.98 Å². The second kappa shape index (κ2) is 9.07. The zero-order valence-corrected chi connectivity index (χ0v) is 16.1. The number of nitrogens with one attached hydrogen (secondary N) is 1. The van der Waals surface area contributed by atoms with Crippen LogP contribution in [0.15, 0.2) is 36.5 Å². The van der Waals surface area contributed by atoms with Crippen LogP contribution in [0.3, 0.4) is 0 Å². The molecule has 1 aliphatic heterocycles. The Morgan fingerprint density at radius 1 is 1.11 bits per heavy atom. The highest BCUT2D eigenvalue weighted by Crippen LogP contribution is 2.27. The van der Waals surface area contributed by atoms with Crippen LogP contribution in [0, 0.1) is 0 Å². The van der Waals surface area contributed by atoms with Crippen molar-refractivity contribution in [2.24, 2.45) is 0 Å². The number of amides is 2. The molecule has 8 heteroatoms. The van der Waals surface area contributed by atoms with Crippen LogP contribution in [0.1, 0.15) is 15.9 Å². The smallest absolute Gasteiger partial charge is 0.253 e. The van der Waals surface area contributed by atoms with Crippen LogP contribution in [-0.2, 0) is 11.3 Å². The molecule has 1 saturated heterocycles. The molecule has 148 valence electrons. The van der Waals surface area contributed by atoms with E-state index in [-0.39, 0.29) is 5.91 Å². The molecule has 28 heavy (non-hydrogen) atoms. The first-order valence-corrected chi connectivity index (χ1v) is 9.04. The predicted octanol–water partition coefficient (Wildman–Crippen LogP) is 1.31. The molecular formula is C20H24N4O4. The van der Waals surface area contributed by atoms with E-state index in [1.807, 2.05) is 18.2 Å². The van der Waals surface area contributed by atoms with E-state index in [0.717, 1.165) is 30.9 Å². The fourth-order valence-electron chi connectivity index (χ4n) is 3.04. The lowest BCUT2D eigenvalue weighted by atomic mass is 10.2. The molecule has 1 aliphatic rings. The average molecular weight is 384 g/mol. The summed E-state index contributed by atoms with van der Waals surface area (Å²) < 4.78 is 10.5. The fraction of sp³-hybridized carbons (Fsp3) is 0.350. The Kier molecular flexibility index (Phi) is 6.31. The molecule has 0 unspecified atom stereocenters. The number of carbonyl (C=O) groups is 2. The summed E-state index contributed by atoms with van der Waals surface area (Å²) in [6.45, 7) is 3.19. The lowest BCUT2D eigenvalue weighted by Gasteiger charge is -2.33. The van der Waals surface area contributed by atoms with Gasteiger partial charge < -0.3 is 24.6 Å². The highest BCUT2D eigenvalue weighted by Gasteiger charge is 2.17. The normalized spacial score (nSPS) is 13.8. The van der Waals surface area contributed by atoms with E-state index in [1.54, 1.807) is 37.4 Å². The Hall–Kier alpha value is -3.29. The highest BCUT2D eigenvalue weighted by atomic mass is 16.5. The van der Waals surface area contributed by atoms with Crippen LogP contribution in [0.25, 0.3) is 0 Å². The number of methoxy groups -OCH3 is 2. The lowest BCUT2D eigenvalue weighted by Crippen LogP contribution is -2.46. The molecule has 2 heterocycles.